The van der Waals surface area contributed by atoms with Gasteiger partial charge in [-0.15, -0.1) is 0 Å². The SMILES string of the molecule is CC1[CH]C(C)(C)C=CCC1. The maximum atomic E-state index is 2.44. The Bertz CT molecular complexity index is 131. The molecule has 0 N–H and O–H groups in total. The normalized spacial score (nSPS) is 31.7. The minimum absolute atomic E-state index is 0.329. The molecule has 0 saturated heterocycles. The lowest BCUT2D eigenvalue weighted by atomic mass is 9.84. The van der Waals surface area contributed by atoms with Crippen LogP contribution in [0.2, 0.25) is 0 Å². The van der Waals surface area contributed by atoms with E-state index < -0.39 is 0 Å². The minimum atomic E-state index is 0.329. The van der Waals surface area contributed by atoms with Crippen molar-refractivity contribution in [2.24, 2.45) is 11.3 Å². The van der Waals surface area contributed by atoms with Crippen molar-refractivity contribution in [1.29, 1.82) is 0 Å². The number of hydrogen-bond donors (Lipinski definition) is 0. The van der Waals surface area contributed by atoms with Crippen LogP contribution in [0.15, 0.2) is 12.2 Å². The van der Waals surface area contributed by atoms with Crippen LogP contribution in [-0.2, 0) is 0 Å². The molecule has 0 aliphatic heterocycles. The van der Waals surface area contributed by atoms with Crippen molar-refractivity contribution >= 4 is 0 Å². The summed E-state index contributed by atoms with van der Waals surface area (Å²) in [6.07, 6.45) is 9.63. The van der Waals surface area contributed by atoms with Gasteiger partial charge in [0, 0.05) is 0 Å². The monoisotopic (exact) mass is 137 g/mol. The highest BCUT2D eigenvalue weighted by Gasteiger charge is 2.19. The smallest absolute Gasteiger partial charge is 0.0141 e. The molecule has 0 nitrogen and oxygen atoms in total. The van der Waals surface area contributed by atoms with Gasteiger partial charge in [-0.2, -0.15) is 0 Å². The van der Waals surface area contributed by atoms with E-state index in [1.807, 2.05) is 0 Å². The molecule has 0 heterocycles. The molecule has 0 aromatic rings. The van der Waals surface area contributed by atoms with Crippen LogP contribution in [0.1, 0.15) is 33.6 Å². The molecule has 1 aliphatic rings. The van der Waals surface area contributed by atoms with E-state index in [1.165, 1.54) is 12.8 Å². The molecule has 1 radical (unpaired) electrons. The van der Waals surface area contributed by atoms with Gasteiger partial charge in [-0.3, -0.25) is 0 Å². The van der Waals surface area contributed by atoms with Gasteiger partial charge in [-0.05, 0) is 30.6 Å². The lowest BCUT2D eigenvalue weighted by molar-refractivity contribution is 0.474. The van der Waals surface area contributed by atoms with E-state index in [4.69, 9.17) is 0 Å². The average Bonchev–Trinajstić information content (AvgIpc) is 1.90. The van der Waals surface area contributed by atoms with Crippen molar-refractivity contribution in [3.05, 3.63) is 18.6 Å². The Morgan fingerprint density at radius 3 is 2.80 bits per heavy atom. The van der Waals surface area contributed by atoms with Gasteiger partial charge in [0.1, 0.15) is 0 Å². The zero-order chi connectivity index (χ0) is 7.61. The van der Waals surface area contributed by atoms with E-state index in [0.717, 1.165) is 5.92 Å². The zero-order valence-electron chi connectivity index (χ0n) is 7.22. The molecule has 0 fully saturated rings. The van der Waals surface area contributed by atoms with Crippen LogP contribution in [0.25, 0.3) is 0 Å². The van der Waals surface area contributed by atoms with Crippen LogP contribution in [0.4, 0.5) is 0 Å². The van der Waals surface area contributed by atoms with Crippen LogP contribution in [0, 0.1) is 17.8 Å². The lowest BCUT2D eigenvalue weighted by Gasteiger charge is -2.21. The summed E-state index contributed by atoms with van der Waals surface area (Å²) in [5.41, 5.74) is 0.329. The molecular formula is C10H17. The predicted molar refractivity (Wildman–Crippen MR) is 45.6 cm³/mol. The van der Waals surface area contributed by atoms with Crippen molar-refractivity contribution in [3.63, 3.8) is 0 Å². The Kier molecular flexibility index (Phi) is 2.18. The van der Waals surface area contributed by atoms with Crippen LogP contribution in [-0.4, -0.2) is 0 Å². The molecule has 57 valence electrons. The second-order valence-corrected chi connectivity index (χ2v) is 3.95. The third-order valence-corrected chi connectivity index (χ3v) is 2.05. The molecule has 1 atom stereocenters. The van der Waals surface area contributed by atoms with E-state index in [1.54, 1.807) is 0 Å². The van der Waals surface area contributed by atoms with Crippen LogP contribution >= 0.6 is 0 Å². The molecule has 1 aliphatic carbocycles. The minimum Gasteiger partial charge on any atom is -0.0880 e. The molecule has 10 heavy (non-hydrogen) atoms. The first kappa shape index (κ1) is 7.84. The van der Waals surface area contributed by atoms with Gasteiger partial charge >= 0.3 is 0 Å². The molecule has 1 unspecified atom stereocenters. The van der Waals surface area contributed by atoms with Gasteiger partial charge in [0.25, 0.3) is 0 Å². The summed E-state index contributed by atoms with van der Waals surface area (Å²) in [6, 6.07) is 0. The quantitative estimate of drug-likeness (QED) is 0.450. The second-order valence-electron chi connectivity index (χ2n) is 3.95. The molecule has 1 rings (SSSR count). The summed E-state index contributed by atoms with van der Waals surface area (Å²) in [7, 11) is 0. The van der Waals surface area contributed by atoms with Crippen LogP contribution < -0.4 is 0 Å². The Labute approximate surface area is 64.3 Å². The predicted octanol–water partition coefficient (Wildman–Crippen LogP) is 3.20. The van der Waals surface area contributed by atoms with Gasteiger partial charge in [0.2, 0.25) is 0 Å². The summed E-state index contributed by atoms with van der Waals surface area (Å²) in [4.78, 5) is 0. The van der Waals surface area contributed by atoms with Crippen molar-refractivity contribution in [1.82, 2.24) is 0 Å². The van der Waals surface area contributed by atoms with Crippen molar-refractivity contribution in [2.45, 2.75) is 33.6 Å². The Morgan fingerprint density at radius 1 is 1.40 bits per heavy atom. The van der Waals surface area contributed by atoms with Crippen molar-refractivity contribution in [2.75, 3.05) is 0 Å². The maximum absolute atomic E-state index is 2.44. The van der Waals surface area contributed by atoms with Crippen molar-refractivity contribution in [3.8, 4) is 0 Å². The summed E-state index contributed by atoms with van der Waals surface area (Å²) in [6.45, 7) is 6.84. The molecule has 0 aromatic carbocycles. The number of rotatable bonds is 0. The first-order valence-electron chi connectivity index (χ1n) is 4.14. The summed E-state index contributed by atoms with van der Waals surface area (Å²) in [5, 5.41) is 0. The Hall–Kier alpha value is -0.260. The van der Waals surface area contributed by atoms with Crippen LogP contribution in [0.5, 0.6) is 0 Å². The highest BCUT2D eigenvalue weighted by molar-refractivity contribution is 5.06. The summed E-state index contributed by atoms with van der Waals surface area (Å²) in [5.74, 6) is 0.782. The van der Waals surface area contributed by atoms with E-state index in [-0.39, 0.29) is 0 Å². The number of allylic oxidation sites excluding steroid dienone is 2. The molecule has 0 aromatic heterocycles. The number of hydrogen-bond acceptors (Lipinski definition) is 0. The van der Waals surface area contributed by atoms with Crippen LogP contribution in [0.3, 0.4) is 0 Å². The topological polar surface area (TPSA) is 0 Å². The van der Waals surface area contributed by atoms with Gasteiger partial charge in [0.15, 0.2) is 0 Å². The fourth-order valence-corrected chi connectivity index (χ4v) is 1.62. The van der Waals surface area contributed by atoms with Gasteiger partial charge < -0.3 is 0 Å². The maximum Gasteiger partial charge on any atom is -0.0141 e. The zero-order valence-corrected chi connectivity index (χ0v) is 7.22. The molecule has 0 bridgehead atoms. The highest BCUT2D eigenvalue weighted by Crippen LogP contribution is 2.30. The molecule has 0 heteroatoms. The second kappa shape index (κ2) is 2.77. The fraction of sp³-hybridized carbons (Fsp3) is 0.700. The highest BCUT2D eigenvalue weighted by atomic mass is 14.2. The molecule has 0 amide bonds. The van der Waals surface area contributed by atoms with E-state index >= 15 is 0 Å². The fourth-order valence-electron chi connectivity index (χ4n) is 1.62. The lowest BCUT2D eigenvalue weighted by Crippen LogP contribution is -2.11. The van der Waals surface area contributed by atoms with Gasteiger partial charge in [-0.25, -0.2) is 0 Å². The first-order chi connectivity index (χ1) is 4.60. The van der Waals surface area contributed by atoms with Gasteiger partial charge in [0.05, 0.1) is 0 Å². The van der Waals surface area contributed by atoms with E-state index in [2.05, 4.69) is 39.3 Å². The third-order valence-electron chi connectivity index (χ3n) is 2.05. The molecular weight excluding hydrogens is 120 g/mol. The summed E-state index contributed by atoms with van der Waals surface area (Å²) < 4.78 is 0. The van der Waals surface area contributed by atoms with Gasteiger partial charge in [-0.1, -0.05) is 32.9 Å². The molecule has 0 saturated carbocycles. The van der Waals surface area contributed by atoms with E-state index in [0.29, 0.717) is 5.41 Å². The van der Waals surface area contributed by atoms with E-state index in [9.17, 15) is 0 Å². The van der Waals surface area contributed by atoms with Crippen molar-refractivity contribution < 1.29 is 0 Å². The molecule has 0 spiro atoms. The average molecular weight is 137 g/mol. The summed E-state index contributed by atoms with van der Waals surface area (Å²) >= 11 is 0. The largest absolute Gasteiger partial charge is 0.0880 e. The first-order valence-corrected chi connectivity index (χ1v) is 4.14. The Morgan fingerprint density at radius 2 is 2.10 bits per heavy atom. The third kappa shape index (κ3) is 2.17. The Balaban J connectivity index is 2.59. The standard InChI is InChI=1S/C10H17/c1-9-6-4-5-7-10(2,3)8-9/h5,7-9H,4,6H2,1-3H3.